The maximum Gasteiger partial charge on any atom is 0.0964 e. The molecule has 2 rings (SSSR count). The van der Waals surface area contributed by atoms with Crippen LogP contribution in [0.4, 0.5) is 0 Å². The normalized spacial score (nSPS) is 18.0. The predicted octanol–water partition coefficient (Wildman–Crippen LogP) is 0.802. The molecule has 2 heterocycles. The van der Waals surface area contributed by atoms with Gasteiger partial charge in [-0.25, -0.2) is 0 Å². The van der Waals surface area contributed by atoms with Crippen molar-refractivity contribution in [2.75, 3.05) is 33.7 Å². The molecular formula is C15H30N6. The Morgan fingerprint density at radius 3 is 2.76 bits per heavy atom. The van der Waals surface area contributed by atoms with Crippen molar-refractivity contribution in [3.63, 3.8) is 0 Å². The van der Waals surface area contributed by atoms with Gasteiger partial charge >= 0.3 is 0 Å². The van der Waals surface area contributed by atoms with E-state index in [9.17, 15) is 0 Å². The van der Waals surface area contributed by atoms with Crippen molar-refractivity contribution in [1.82, 2.24) is 30.1 Å². The lowest BCUT2D eigenvalue weighted by atomic mass is 10.0. The summed E-state index contributed by atoms with van der Waals surface area (Å²) in [4.78, 5) is 4.89. The standard InChI is InChI=1S/C15H30N6/c1-13(2)16-11-14-12-21(18-17-14)10-9-20(4)15-5-7-19(3)8-6-15/h12-13,15-16H,5-11H2,1-4H3. The highest BCUT2D eigenvalue weighted by Gasteiger charge is 2.20. The first-order valence-corrected chi connectivity index (χ1v) is 8.05. The molecule has 6 nitrogen and oxygen atoms in total. The Morgan fingerprint density at radius 1 is 1.38 bits per heavy atom. The zero-order valence-electron chi connectivity index (χ0n) is 13.9. The van der Waals surface area contributed by atoms with Crippen molar-refractivity contribution in [2.45, 2.75) is 51.9 Å². The van der Waals surface area contributed by atoms with Crippen LogP contribution in [0.15, 0.2) is 6.20 Å². The smallest absolute Gasteiger partial charge is 0.0964 e. The molecule has 1 aliphatic rings. The minimum absolute atomic E-state index is 0.478. The number of likely N-dealkylation sites (N-methyl/N-ethyl adjacent to an activating group) is 1. The van der Waals surface area contributed by atoms with E-state index in [2.05, 4.69) is 59.6 Å². The van der Waals surface area contributed by atoms with Crippen LogP contribution >= 0.6 is 0 Å². The van der Waals surface area contributed by atoms with E-state index >= 15 is 0 Å². The molecule has 1 aromatic rings. The van der Waals surface area contributed by atoms with Crippen LogP contribution in [0.1, 0.15) is 32.4 Å². The Labute approximate surface area is 128 Å². The van der Waals surface area contributed by atoms with Gasteiger partial charge < -0.3 is 15.1 Å². The lowest BCUT2D eigenvalue weighted by molar-refractivity contribution is 0.140. The topological polar surface area (TPSA) is 49.2 Å². The molecule has 0 atom stereocenters. The van der Waals surface area contributed by atoms with Crippen LogP contribution < -0.4 is 5.32 Å². The third-order valence-corrected chi connectivity index (χ3v) is 4.27. The molecule has 0 saturated carbocycles. The van der Waals surface area contributed by atoms with E-state index in [1.165, 1.54) is 25.9 Å². The van der Waals surface area contributed by atoms with Gasteiger partial charge in [-0.2, -0.15) is 0 Å². The summed E-state index contributed by atoms with van der Waals surface area (Å²) in [6.07, 6.45) is 4.60. The van der Waals surface area contributed by atoms with Gasteiger partial charge in [-0.1, -0.05) is 19.1 Å². The average molecular weight is 294 g/mol. The first-order chi connectivity index (χ1) is 10.0. The van der Waals surface area contributed by atoms with E-state index < -0.39 is 0 Å². The summed E-state index contributed by atoms with van der Waals surface area (Å²) in [7, 11) is 4.44. The molecule has 1 aromatic heterocycles. The van der Waals surface area contributed by atoms with Gasteiger partial charge in [0.1, 0.15) is 0 Å². The van der Waals surface area contributed by atoms with Crippen molar-refractivity contribution >= 4 is 0 Å². The molecule has 1 aliphatic heterocycles. The van der Waals surface area contributed by atoms with Crippen LogP contribution in [-0.4, -0.2) is 70.6 Å². The fourth-order valence-electron chi connectivity index (χ4n) is 2.72. The van der Waals surface area contributed by atoms with Gasteiger partial charge in [-0.05, 0) is 40.0 Å². The van der Waals surface area contributed by atoms with Gasteiger partial charge in [0.2, 0.25) is 0 Å². The van der Waals surface area contributed by atoms with Gasteiger partial charge in [0.05, 0.1) is 12.2 Å². The molecule has 21 heavy (non-hydrogen) atoms. The summed E-state index contributed by atoms with van der Waals surface area (Å²) < 4.78 is 1.96. The summed E-state index contributed by atoms with van der Waals surface area (Å²) in [5.74, 6) is 0. The Balaban J connectivity index is 1.72. The molecule has 0 amide bonds. The molecule has 120 valence electrons. The number of nitrogens with zero attached hydrogens (tertiary/aromatic N) is 5. The molecule has 0 spiro atoms. The highest BCUT2D eigenvalue weighted by Crippen LogP contribution is 2.13. The van der Waals surface area contributed by atoms with E-state index in [0.29, 0.717) is 12.1 Å². The number of nitrogens with one attached hydrogen (secondary N) is 1. The molecule has 0 radical (unpaired) electrons. The van der Waals surface area contributed by atoms with Crippen molar-refractivity contribution in [2.24, 2.45) is 0 Å². The second-order valence-corrected chi connectivity index (χ2v) is 6.52. The van der Waals surface area contributed by atoms with Crippen molar-refractivity contribution in [1.29, 1.82) is 0 Å². The van der Waals surface area contributed by atoms with Crippen molar-refractivity contribution < 1.29 is 0 Å². The molecule has 6 heteroatoms. The average Bonchev–Trinajstić information content (AvgIpc) is 2.91. The summed E-state index contributed by atoms with van der Waals surface area (Å²) in [6, 6.07) is 1.19. The van der Waals surface area contributed by atoms with Crippen molar-refractivity contribution in [3.05, 3.63) is 11.9 Å². The third kappa shape index (κ3) is 5.37. The van der Waals surface area contributed by atoms with E-state index in [1.807, 2.05) is 4.68 Å². The van der Waals surface area contributed by atoms with E-state index in [0.717, 1.165) is 25.3 Å². The van der Waals surface area contributed by atoms with E-state index in [1.54, 1.807) is 0 Å². The van der Waals surface area contributed by atoms with Gasteiger partial charge in [0.25, 0.3) is 0 Å². The number of piperidine rings is 1. The summed E-state index contributed by atoms with van der Waals surface area (Å²) in [5.41, 5.74) is 1.02. The Bertz CT molecular complexity index is 408. The van der Waals surface area contributed by atoms with Crippen LogP contribution in [0.3, 0.4) is 0 Å². The van der Waals surface area contributed by atoms with Crippen LogP contribution in [0.25, 0.3) is 0 Å². The van der Waals surface area contributed by atoms with Crippen LogP contribution in [0.5, 0.6) is 0 Å². The molecule has 0 unspecified atom stereocenters. The second-order valence-electron chi connectivity index (χ2n) is 6.52. The molecular weight excluding hydrogens is 264 g/mol. The number of rotatable bonds is 7. The molecule has 0 bridgehead atoms. The lowest BCUT2D eigenvalue weighted by Gasteiger charge is -2.35. The zero-order valence-corrected chi connectivity index (χ0v) is 13.9. The lowest BCUT2D eigenvalue weighted by Crippen LogP contribution is -2.42. The monoisotopic (exact) mass is 294 g/mol. The Hall–Kier alpha value is -0.980. The summed E-state index contributed by atoms with van der Waals surface area (Å²) >= 11 is 0. The minimum atomic E-state index is 0.478. The van der Waals surface area contributed by atoms with Crippen LogP contribution in [-0.2, 0) is 13.1 Å². The quantitative estimate of drug-likeness (QED) is 0.806. The van der Waals surface area contributed by atoms with Gasteiger partial charge in [-0.15, -0.1) is 5.10 Å². The van der Waals surface area contributed by atoms with Crippen LogP contribution in [0, 0.1) is 0 Å². The third-order valence-electron chi connectivity index (χ3n) is 4.27. The molecule has 1 saturated heterocycles. The number of likely N-dealkylation sites (tertiary alicyclic amines) is 1. The molecule has 0 aromatic carbocycles. The maximum atomic E-state index is 4.22. The first-order valence-electron chi connectivity index (χ1n) is 8.05. The van der Waals surface area contributed by atoms with Gasteiger partial charge in [0, 0.05) is 31.4 Å². The van der Waals surface area contributed by atoms with E-state index in [4.69, 9.17) is 0 Å². The number of aromatic nitrogens is 3. The van der Waals surface area contributed by atoms with Crippen molar-refractivity contribution in [3.8, 4) is 0 Å². The Kier molecular flexibility index (Phi) is 6.14. The second kappa shape index (κ2) is 7.87. The van der Waals surface area contributed by atoms with Crippen LogP contribution in [0.2, 0.25) is 0 Å². The summed E-state index contributed by atoms with van der Waals surface area (Å²) in [6.45, 7) is 9.45. The molecule has 1 N–H and O–H groups in total. The maximum absolute atomic E-state index is 4.22. The van der Waals surface area contributed by atoms with E-state index in [-0.39, 0.29) is 0 Å². The number of hydrogen-bond donors (Lipinski definition) is 1. The fourth-order valence-corrected chi connectivity index (χ4v) is 2.72. The summed E-state index contributed by atoms with van der Waals surface area (Å²) in [5, 5.41) is 11.8. The largest absolute Gasteiger partial charge is 0.309 e. The molecule has 0 aliphatic carbocycles. The molecule has 1 fully saturated rings. The predicted molar refractivity (Wildman–Crippen MR) is 85.1 cm³/mol. The van der Waals surface area contributed by atoms with Gasteiger partial charge in [0.15, 0.2) is 0 Å². The fraction of sp³-hybridized carbons (Fsp3) is 0.867. The highest BCUT2D eigenvalue weighted by molar-refractivity contribution is 4.92. The first kappa shape index (κ1) is 16.4. The zero-order chi connectivity index (χ0) is 15.2. The Morgan fingerprint density at radius 2 is 2.10 bits per heavy atom. The SMILES string of the molecule is CC(C)NCc1cn(CCN(C)C2CCN(C)CC2)nn1. The highest BCUT2D eigenvalue weighted by atomic mass is 15.4. The number of hydrogen-bond acceptors (Lipinski definition) is 5. The minimum Gasteiger partial charge on any atom is -0.309 e. The van der Waals surface area contributed by atoms with Gasteiger partial charge in [-0.3, -0.25) is 4.68 Å².